The molecule has 0 atom stereocenters. The van der Waals surface area contributed by atoms with Crippen molar-refractivity contribution in [3.8, 4) is 0 Å². The Bertz CT molecular complexity index is 18.5. The zero-order chi connectivity index (χ0) is 0. The van der Waals surface area contributed by atoms with Gasteiger partial charge in [-0.1, -0.05) is 0 Å². The van der Waals surface area contributed by atoms with Gasteiger partial charge in [-0.3, -0.25) is 0 Å². The van der Waals surface area contributed by atoms with Crippen molar-refractivity contribution in [1.82, 2.24) is 0 Å². The maximum atomic E-state index is 0. The maximum Gasteiger partial charge on any atom is 2.00 e. The minimum absolute atomic E-state index is 0. The summed E-state index contributed by atoms with van der Waals surface area (Å²) in [4.78, 5) is 0. The molecule has 0 spiro atoms. The molecular weight excluding hydrogens is 407 g/mol. The summed E-state index contributed by atoms with van der Waals surface area (Å²) in [6.07, 6.45) is 0. The van der Waals surface area contributed by atoms with E-state index in [4.69, 9.17) is 0 Å². The largest absolute Gasteiger partial charge is 2.00 e. The Balaban J connectivity index is 0. The molecule has 0 saturated heterocycles. The van der Waals surface area contributed by atoms with Crippen LogP contribution in [0.15, 0.2) is 0 Å². The summed E-state index contributed by atoms with van der Waals surface area (Å²) in [7, 11) is 0. The third-order valence-corrected chi connectivity index (χ3v) is 0. The molecule has 2 radical (unpaired) electrons. The third kappa shape index (κ3) is 49.6. The second kappa shape index (κ2) is 64.9. The van der Waals surface area contributed by atoms with Gasteiger partial charge >= 0.3 is 72.8 Å². The van der Waals surface area contributed by atoms with E-state index in [1.165, 1.54) is 0 Å². The first-order valence-electron chi connectivity index (χ1n) is 0. The zero-order valence-electron chi connectivity index (χ0n) is 5.91. The van der Waals surface area contributed by atoms with Crippen LogP contribution < -0.4 is 0 Å². The normalized spacial score (nSPS) is 0. The SMILES string of the molecule is O.O.O.O.[H-].[H-].[PbH2].[Sr+2].[Ti]. The van der Waals surface area contributed by atoms with Crippen molar-refractivity contribution in [3.63, 3.8) is 0 Å². The summed E-state index contributed by atoms with van der Waals surface area (Å²) >= 11 is 0. The Morgan fingerprint density at radius 1 is 0.714 bits per heavy atom. The van der Waals surface area contributed by atoms with Gasteiger partial charge < -0.3 is 24.8 Å². The van der Waals surface area contributed by atoms with E-state index in [1.807, 2.05) is 0 Å². The molecular formula is H12O4PbSrTi. The van der Waals surface area contributed by atoms with Crippen LogP contribution in [-0.2, 0) is 21.7 Å². The first-order valence-corrected chi connectivity index (χ1v) is 0. The summed E-state index contributed by atoms with van der Waals surface area (Å²) in [6.45, 7) is 0. The van der Waals surface area contributed by atoms with Crippen LogP contribution >= 0.6 is 0 Å². The van der Waals surface area contributed by atoms with Gasteiger partial charge in [0.05, 0.1) is 0 Å². The fraction of sp³-hybridized carbons (Fsp3) is 0. The predicted molar refractivity (Wildman–Crippen MR) is 31.0 cm³/mol. The van der Waals surface area contributed by atoms with Crippen molar-refractivity contribution >= 4 is 72.8 Å². The van der Waals surface area contributed by atoms with E-state index in [1.54, 1.807) is 0 Å². The van der Waals surface area contributed by atoms with E-state index >= 15 is 0 Å². The van der Waals surface area contributed by atoms with E-state index in [0.29, 0.717) is 0 Å². The van der Waals surface area contributed by atoms with Crippen molar-refractivity contribution in [2.24, 2.45) is 0 Å². The molecule has 8 N–H and O–H groups in total. The number of rotatable bonds is 0. The fourth-order valence-corrected chi connectivity index (χ4v) is 0. The molecule has 0 heterocycles. The summed E-state index contributed by atoms with van der Waals surface area (Å²) in [5.41, 5.74) is 0. The van der Waals surface area contributed by atoms with E-state index < -0.39 is 0 Å². The quantitative estimate of drug-likeness (QED) is 0.352. The van der Waals surface area contributed by atoms with E-state index in [-0.39, 0.29) is 119 Å². The van der Waals surface area contributed by atoms with Crippen LogP contribution in [0.2, 0.25) is 0 Å². The van der Waals surface area contributed by atoms with Gasteiger partial charge in [-0.15, -0.1) is 0 Å². The minimum atomic E-state index is 0. The molecule has 4 nitrogen and oxygen atoms in total. The molecule has 0 saturated carbocycles. The Morgan fingerprint density at radius 3 is 0.714 bits per heavy atom. The first-order chi connectivity index (χ1) is 0. The average molecular weight is 419 g/mol. The van der Waals surface area contributed by atoms with Crippen LogP contribution in [0.5, 0.6) is 0 Å². The number of hydrogen-bond acceptors (Lipinski definition) is 0. The summed E-state index contributed by atoms with van der Waals surface area (Å²) < 4.78 is 0. The van der Waals surface area contributed by atoms with E-state index in [2.05, 4.69) is 0 Å². The molecule has 0 unspecified atom stereocenters. The summed E-state index contributed by atoms with van der Waals surface area (Å²) in [6, 6.07) is 0. The molecule has 0 aliphatic carbocycles. The first kappa shape index (κ1) is 91.4. The molecule has 0 aromatic heterocycles. The van der Waals surface area contributed by atoms with Crippen molar-refractivity contribution in [1.29, 1.82) is 0 Å². The fourth-order valence-electron chi connectivity index (χ4n) is 0. The van der Waals surface area contributed by atoms with Gasteiger partial charge in [0.2, 0.25) is 0 Å². The second-order valence-electron chi connectivity index (χ2n) is 0. The van der Waals surface area contributed by atoms with E-state index in [9.17, 15) is 0 Å². The zero-order valence-corrected chi connectivity index (χ0v) is 14.4. The van der Waals surface area contributed by atoms with Crippen LogP contribution in [0.3, 0.4) is 0 Å². The molecule has 0 fully saturated rings. The van der Waals surface area contributed by atoms with Crippen LogP contribution in [-0.4, -0.2) is 94.7 Å². The van der Waals surface area contributed by atoms with Gasteiger partial charge in [0.1, 0.15) is 0 Å². The topological polar surface area (TPSA) is 126 Å². The van der Waals surface area contributed by atoms with Gasteiger partial charge in [0.15, 0.2) is 0 Å². The molecule has 0 rings (SSSR count). The Labute approximate surface area is 117 Å². The molecule has 0 aliphatic heterocycles. The Kier molecular flexibility index (Phi) is 847. The minimum Gasteiger partial charge on any atom is 0 e. The molecule has 7 heteroatoms. The Morgan fingerprint density at radius 2 is 0.714 bits per heavy atom. The standard InChI is InChI=1S/4H2O.Pb.Sr.Ti.4H/h4*1H2;;;;;;;/q;;;;;+2;;;;2*-1. The molecule has 0 amide bonds. The van der Waals surface area contributed by atoms with Crippen molar-refractivity contribution in [2.75, 3.05) is 0 Å². The molecule has 0 aromatic rings. The average Bonchev–Trinajstić information content (AvgIpc) is 0. The van der Waals surface area contributed by atoms with Gasteiger partial charge in [0.25, 0.3) is 0 Å². The third-order valence-electron chi connectivity index (χ3n) is 0. The van der Waals surface area contributed by atoms with Crippen molar-refractivity contribution in [3.05, 3.63) is 0 Å². The van der Waals surface area contributed by atoms with Gasteiger partial charge in [0, 0.05) is 21.7 Å². The Hall–Kier alpha value is 2.96. The van der Waals surface area contributed by atoms with Crippen molar-refractivity contribution in [2.45, 2.75) is 0 Å². The number of hydrogen-bond donors (Lipinski definition) is 0. The van der Waals surface area contributed by atoms with Gasteiger partial charge in [-0.25, -0.2) is 0 Å². The smallest absolute Gasteiger partial charge is 0 e. The molecule has 0 aromatic carbocycles. The molecule has 46 valence electrons. The second-order valence-corrected chi connectivity index (χ2v) is 0. The van der Waals surface area contributed by atoms with Gasteiger partial charge in [-0.05, 0) is 0 Å². The summed E-state index contributed by atoms with van der Waals surface area (Å²) in [5, 5.41) is 0. The molecule has 7 heavy (non-hydrogen) atoms. The van der Waals surface area contributed by atoms with Crippen LogP contribution in [0.25, 0.3) is 0 Å². The van der Waals surface area contributed by atoms with Crippen LogP contribution in [0, 0.1) is 0 Å². The summed E-state index contributed by atoms with van der Waals surface area (Å²) in [5.74, 6) is 0. The van der Waals surface area contributed by atoms with Gasteiger partial charge in [-0.2, -0.15) is 0 Å². The molecule has 0 bridgehead atoms. The van der Waals surface area contributed by atoms with Crippen LogP contribution in [0.4, 0.5) is 0 Å². The predicted octanol–water partition coefficient (Wildman–Crippen LogP) is -4.37. The van der Waals surface area contributed by atoms with Crippen LogP contribution in [0.1, 0.15) is 2.85 Å². The van der Waals surface area contributed by atoms with Crippen molar-refractivity contribution < 1.29 is 46.5 Å². The van der Waals surface area contributed by atoms with E-state index in [0.717, 1.165) is 0 Å². The monoisotopic (exact) mass is 420 g/mol. The maximum absolute atomic E-state index is 0. The molecule has 0 aliphatic rings.